The normalized spacial score (nSPS) is 18.3. The van der Waals surface area contributed by atoms with Gasteiger partial charge >= 0.3 is 0 Å². The molecule has 6 heteroatoms. The summed E-state index contributed by atoms with van der Waals surface area (Å²) >= 11 is 6.06. The molecule has 1 saturated heterocycles. The molecule has 1 aliphatic rings. The quantitative estimate of drug-likeness (QED) is 0.528. The molecule has 2 amide bonds. The molecule has 3 aromatic carbocycles. The minimum atomic E-state index is -0.549. The molecule has 32 heavy (non-hydrogen) atoms. The van der Waals surface area contributed by atoms with Gasteiger partial charge in [0.15, 0.2) is 0 Å². The van der Waals surface area contributed by atoms with Crippen LogP contribution in [0.1, 0.15) is 40.4 Å². The fourth-order valence-corrected chi connectivity index (χ4v) is 4.60. The first-order valence-electron chi connectivity index (χ1n) is 10.6. The molecule has 3 aromatic rings. The van der Waals surface area contributed by atoms with Crippen molar-refractivity contribution >= 4 is 29.1 Å². The highest BCUT2D eigenvalue weighted by atomic mass is 35.5. The van der Waals surface area contributed by atoms with Crippen LogP contribution >= 0.6 is 11.6 Å². The number of rotatable bonds is 4. The molecular weight excluding hydrogens is 427 g/mol. The minimum absolute atomic E-state index is 0.0596. The molecule has 0 bridgehead atoms. The van der Waals surface area contributed by atoms with Crippen molar-refractivity contribution in [2.24, 2.45) is 5.92 Å². The molecule has 4 nitrogen and oxygen atoms in total. The molecular formula is C26H24ClFN2O2. The molecule has 0 aliphatic carbocycles. The summed E-state index contributed by atoms with van der Waals surface area (Å²) < 4.78 is 14.6. The van der Waals surface area contributed by atoms with Crippen molar-refractivity contribution in [2.75, 3.05) is 11.9 Å². The third kappa shape index (κ3) is 4.53. The van der Waals surface area contributed by atoms with Gasteiger partial charge in [0.1, 0.15) is 5.82 Å². The first-order valence-corrected chi connectivity index (χ1v) is 11.0. The van der Waals surface area contributed by atoms with E-state index in [1.54, 1.807) is 48.2 Å². The highest BCUT2D eigenvalue weighted by Crippen LogP contribution is 2.38. The Labute approximate surface area is 192 Å². The largest absolute Gasteiger partial charge is 0.331 e. The van der Waals surface area contributed by atoms with Gasteiger partial charge in [-0.1, -0.05) is 60.1 Å². The molecule has 1 fully saturated rings. The third-order valence-electron chi connectivity index (χ3n) is 5.90. The molecule has 0 saturated carbocycles. The summed E-state index contributed by atoms with van der Waals surface area (Å²) in [6.45, 7) is 2.17. The lowest BCUT2D eigenvalue weighted by Crippen LogP contribution is -2.46. The lowest BCUT2D eigenvalue weighted by Gasteiger charge is -2.41. The van der Waals surface area contributed by atoms with E-state index >= 15 is 0 Å². The van der Waals surface area contributed by atoms with Gasteiger partial charge in [-0.15, -0.1) is 0 Å². The van der Waals surface area contributed by atoms with Gasteiger partial charge in [0.25, 0.3) is 5.91 Å². The SMILES string of the molecule is Cc1cccc(F)c1C(=O)N1CCCC(C(=O)Nc2cccc(Cl)c2)C1c1ccccc1. The average Bonchev–Trinajstić information content (AvgIpc) is 2.79. The second kappa shape index (κ2) is 9.53. The number of carbonyl (C=O) groups excluding carboxylic acids is 2. The van der Waals surface area contributed by atoms with Crippen LogP contribution in [0.5, 0.6) is 0 Å². The lowest BCUT2D eigenvalue weighted by molar-refractivity contribution is -0.123. The van der Waals surface area contributed by atoms with Crippen LogP contribution in [0.3, 0.4) is 0 Å². The molecule has 0 radical (unpaired) electrons. The number of anilines is 1. The van der Waals surface area contributed by atoms with E-state index in [1.165, 1.54) is 6.07 Å². The molecule has 2 atom stereocenters. The van der Waals surface area contributed by atoms with E-state index in [2.05, 4.69) is 5.32 Å². The fourth-order valence-electron chi connectivity index (χ4n) is 4.41. The van der Waals surface area contributed by atoms with E-state index in [4.69, 9.17) is 11.6 Å². The maximum atomic E-state index is 14.6. The summed E-state index contributed by atoms with van der Waals surface area (Å²) in [6, 6.07) is 20.5. The molecule has 1 aliphatic heterocycles. The Morgan fingerprint density at radius 2 is 1.78 bits per heavy atom. The fraction of sp³-hybridized carbons (Fsp3) is 0.231. The zero-order valence-electron chi connectivity index (χ0n) is 17.7. The number of amides is 2. The molecule has 4 rings (SSSR count). The Morgan fingerprint density at radius 1 is 1.03 bits per heavy atom. The molecule has 0 aromatic heterocycles. The first-order chi connectivity index (χ1) is 15.5. The van der Waals surface area contributed by atoms with Crippen LogP contribution < -0.4 is 5.32 Å². The van der Waals surface area contributed by atoms with E-state index in [-0.39, 0.29) is 11.5 Å². The number of hydrogen-bond donors (Lipinski definition) is 1. The molecule has 164 valence electrons. The number of nitrogens with one attached hydrogen (secondary N) is 1. The number of hydrogen-bond acceptors (Lipinski definition) is 2. The Hall–Kier alpha value is -3.18. The van der Waals surface area contributed by atoms with Crippen LogP contribution in [-0.2, 0) is 4.79 Å². The zero-order chi connectivity index (χ0) is 22.7. The number of piperidine rings is 1. The van der Waals surface area contributed by atoms with Crippen molar-refractivity contribution in [1.29, 1.82) is 0 Å². The van der Waals surface area contributed by atoms with Gasteiger partial charge in [0.2, 0.25) is 5.91 Å². The van der Waals surface area contributed by atoms with Gasteiger partial charge in [-0.25, -0.2) is 4.39 Å². The Balaban J connectivity index is 1.70. The monoisotopic (exact) mass is 450 g/mol. The molecule has 1 heterocycles. The van der Waals surface area contributed by atoms with Crippen molar-refractivity contribution in [1.82, 2.24) is 4.90 Å². The van der Waals surface area contributed by atoms with Gasteiger partial charge in [-0.3, -0.25) is 9.59 Å². The average molecular weight is 451 g/mol. The van der Waals surface area contributed by atoms with E-state index in [0.717, 1.165) is 5.56 Å². The Bertz CT molecular complexity index is 1120. The van der Waals surface area contributed by atoms with Gasteiger partial charge in [0.05, 0.1) is 17.5 Å². The zero-order valence-corrected chi connectivity index (χ0v) is 18.5. The maximum absolute atomic E-state index is 14.6. The minimum Gasteiger partial charge on any atom is -0.331 e. The maximum Gasteiger partial charge on any atom is 0.257 e. The summed E-state index contributed by atoms with van der Waals surface area (Å²) in [5.41, 5.74) is 2.08. The van der Waals surface area contributed by atoms with Gasteiger partial charge in [-0.2, -0.15) is 0 Å². The number of nitrogens with zero attached hydrogens (tertiary/aromatic N) is 1. The topological polar surface area (TPSA) is 49.4 Å². The van der Waals surface area contributed by atoms with Crippen molar-refractivity contribution in [3.8, 4) is 0 Å². The number of aryl methyl sites for hydroxylation is 1. The standard InChI is InChI=1S/C26H24ClFN2O2/c1-17-8-5-14-22(28)23(17)26(32)30-15-7-13-21(24(30)18-9-3-2-4-10-18)25(31)29-20-12-6-11-19(27)16-20/h2-6,8-12,14,16,21,24H,7,13,15H2,1H3,(H,29,31). The van der Waals surface area contributed by atoms with Gasteiger partial charge in [-0.05, 0) is 55.2 Å². The predicted molar refractivity (Wildman–Crippen MR) is 124 cm³/mol. The molecule has 2 unspecified atom stereocenters. The lowest BCUT2D eigenvalue weighted by atomic mass is 9.83. The highest BCUT2D eigenvalue weighted by molar-refractivity contribution is 6.30. The Morgan fingerprint density at radius 3 is 2.50 bits per heavy atom. The van der Waals surface area contributed by atoms with Crippen LogP contribution in [0.2, 0.25) is 5.02 Å². The molecule has 1 N–H and O–H groups in total. The molecule has 0 spiro atoms. The predicted octanol–water partition coefficient (Wildman–Crippen LogP) is 6.02. The van der Waals surface area contributed by atoms with Crippen LogP contribution in [0.15, 0.2) is 72.8 Å². The third-order valence-corrected chi connectivity index (χ3v) is 6.13. The van der Waals surface area contributed by atoms with E-state index in [9.17, 15) is 14.0 Å². The second-order valence-electron chi connectivity index (χ2n) is 8.03. The Kier molecular flexibility index (Phi) is 6.56. The van der Waals surface area contributed by atoms with Crippen molar-refractivity contribution in [2.45, 2.75) is 25.8 Å². The van der Waals surface area contributed by atoms with E-state index in [1.807, 2.05) is 30.3 Å². The van der Waals surface area contributed by atoms with Crippen molar-refractivity contribution < 1.29 is 14.0 Å². The van der Waals surface area contributed by atoms with Crippen molar-refractivity contribution in [3.63, 3.8) is 0 Å². The summed E-state index contributed by atoms with van der Waals surface area (Å²) in [7, 11) is 0. The number of carbonyl (C=O) groups is 2. The highest BCUT2D eigenvalue weighted by Gasteiger charge is 2.40. The summed E-state index contributed by atoms with van der Waals surface area (Å²) in [5, 5.41) is 3.46. The van der Waals surface area contributed by atoms with Gasteiger partial charge < -0.3 is 10.2 Å². The summed E-state index contributed by atoms with van der Waals surface area (Å²) in [5.74, 6) is -1.62. The second-order valence-corrected chi connectivity index (χ2v) is 8.47. The van der Waals surface area contributed by atoms with Crippen LogP contribution in [0.4, 0.5) is 10.1 Å². The first kappa shape index (κ1) is 22.0. The van der Waals surface area contributed by atoms with Crippen LogP contribution in [0, 0.1) is 18.7 Å². The summed E-state index contributed by atoms with van der Waals surface area (Å²) in [6.07, 6.45) is 1.27. The number of halogens is 2. The smallest absolute Gasteiger partial charge is 0.257 e. The number of likely N-dealkylation sites (tertiary alicyclic amines) is 1. The van der Waals surface area contributed by atoms with Crippen LogP contribution in [-0.4, -0.2) is 23.3 Å². The van der Waals surface area contributed by atoms with Crippen molar-refractivity contribution in [3.05, 3.63) is 100 Å². The van der Waals surface area contributed by atoms with E-state index in [0.29, 0.717) is 35.7 Å². The van der Waals surface area contributed by atoms with E-state index < -0.39 is 23.7 Å². The summed E-state index contributed by atoms with van der Waals surface area (Å²) in [4.78, 5) is 28.5. The van der Waals surface area contributed by atoms with Gasteiger partial charge in [0, 0.05) is 17.3 Å². The number of benzene rings is 3. The van der Waals surface area contributed by atoms with Crippen LogP contribution in [0.25, 0.3) is 0 Å².